The van der Waals surface area contributed by atoms with Crippen molar-refractivity contribution in [1.29, 1.82) is 0 Å². The molecule has 3 rings (SSSR count). The van der Waals surface area contributed by atoms with E-state index in [2.05, 4.69) is 59.3 Å². The summed E-state index contributed by atoms with van der Waals surface area (Å²) in [6.45, 7) is 6.76. The summed E-state index contributed by atoms with van der Waals surface area (Å²) in [4.78, 5) is 15.6. The number of aliphatic carboxylic acids is 1. The quantitative estimate of drug-likeness (QED) is 0.455. The number of carboxylic acids is 1. The molecule has 33 heavy (non-hydrogen) atoms. The van der Waals surface area contributed by atoms with Crippen LogP contribution in [0.1, 0.15) is 36.8 Å². The first-order valence-electron chi connectivity index (χ1n) is 12.0. The van der Waals surface area contributed by atoms with Gasteiger partial charge in [0.15, 0.2) is 0 Å². The third kappa shape index (κ3) is 8.46. The van der Waals surface area contributed by atoms with Gasteiger partial charge in [-0.05, 0) is 49.1 Å². The Bertz CT molecular complexity index is 861. The van der Waals surface area contributed by atoms with Gasteiger partial charge >= 0.3 is 5.97 Å². The van der Waals surface area contributed by atoms with Crippen molar-refractivity contribution in [2.75, 3.05) is 53.6 Å². The SMILES string of the molecule is COCCCOc1cc(CCCCC(=O)O)ccc1-c1ccc(CN2CCN(C)CC2)cc1. The Kier molecular flexibility index (Phi) is 10.2. The fraction of sp³-hybridized carbons (Fsp3) is 0.519. The Morgan fingerprint density at radius 1 is 0.939 bits per heavy atom. The van der Waals surface area contributed by atoms with Crippen molar-refractivity contribution >= 4 is 5.97 Å². The molecule has 1 aliphatic heterocycles. The Balaban J connectivity index is 1.67. The number of carbonyl (C=O) groups is 1. The van der Waals surface area contributed by atoms with Crippen molar-refractivity contribution in [2.24, 2.45) is 0 Å². The number of hydrogen-bond acceptors (Lipinski definition) is 5. The number of rotatable bonds is 13. The molecule has 0 radical (unpaired) electrons. The Morgan fingerprint density at radius 2 is 1.67 bits per heavy atom. The molecule has 0 unspecified atom stereocenters. The third-order valence-corrected chi connectivity index (χ3v) is 6.17. The van der Waals surface area contributed by atoms with E-state index in [1.165, 1.54) is 11.1 Å². The number of methoxy groups -OCH3 is 1. The topological polar surface area (TPSA) is 62.2 Å². The maximum atomic E-state index is 10.8. The highest BCUT2D eigenvalue weighted by Gasteiger charge is 2.14. The Labute approximate surface area is 198 Å². The van der Waals surface area contributed by atoms with Crippen LogP contribution in [0, 0.1) is 0 Å². The van der Waals surface area contributed by atoms with Crippen LogP contribution < -0.4 is 4.74 Å². The van der Waals surface area contributed by atoms with E-state index in [-0.39, 0.29) is 6.42 Å². The molecule has 6 heteroatoms. The van der Waals surface area contributed by atoms with Gasteiger partial charge in [0.05, 0.1) is 6.61 Å². The average molecular weight is 455 g/mol. The van der Waals surface area contributed by atoms with E-state index in [0.717, 1.165) is 68.9 Å². The molecule has 1 aliphatic rings. The van der Waals surface area contributed by atoms with E-state index in [0.29, 0.717) is 19.6 Å². The highest BCUT2D eigenvalue weighted by atomic mass is 16.5. The summed E-state index contributed by atoms with van der Waals surface area (Å²) in [5.74, 6) is 0.150. The summed E-state index contributed by atoms with van der Waals surface area (Å²) in [5, 5.41) is 8.85. The number of hydrogen-bond donors (Lipinski definition) is 1. The van der Waals surface area contributed by atoms with Crippen LogP contribution in [-0.4, -0.2) is 74.4 Å². The van der Waals surface area contributed by atoms with Crippen molar-refractivity contribution in [3.63, 3.8) is 0 Å². The predicted molar refractivity (Wildman–Crippen MR) is 132 cm³/mol. The molecule has 0 aromatic heterocycles. The molecule has 180 valence electrons. The van der Waals surface area contributed by atoms with Gasteiger partial charge in [0, 0.05) is 64.8 Å². The molecule has 1 fully saturated rings. The van der Waals surface area contributed by atoms with Gasteiger partial charge in [0.25, 0.3) is 0 Å². The molecular formula is C27H38N2O4. The van der Waals surface area contributed by atoms with Gasteiger partial charge in [0.1, 0.15) is 5.75 Å². The number of ether oxygens (including phenoxy) is 2. The number of likely N-dealkylation sites (N-methyl/N-ethyl adjacent to an activating group) is 1. The number of unbranched alkanes of at least 4 members (excludes halogenated alkanes) is 1. The molecule has 0 bridgehead atoms. The van der Waals surface area contributed by atoms with Crippen molar-refractivity contribution in [3.8, 4) is 16.9 Å². The van der Waals surface area contributed by atoms with Gasteiger partial charge in [-0.3, -0.25) is 9.69 Å². The van der Waals surface area contributed by atoms with Crippen LogP contribution in [0.4, 0.5) is 0 Å². The lowest BCUT2D eigenvalue weighted by Crippen LogP contribution is -2.43. The summed E-state index contributed by atoms with van der Waals surface area (Å²) in [6, 6.07) is 15.2. The molecule has 0 spiro atoms. The fourth-order valence-corrected chi connectivity index (χ4v) is 4.12. The van der Waals surface area contributed by atoms with Crippen LogP contribution in [-0.2, 0) is 22.5 Å². The monoisotopic (exact) mass is 454 g/mol. The van der Waals surface area contributed by atoms with Gasteiger partial charge in [-0.2, -0.15) is 0 Å². The largest absolute Gasteiger partial charge is 0.493 e. The van der Waals surface area contributed by atoms with Gasteiger partial charge < -0.3 is 19.5 Å². The van der Waals surface area contributed by atoms with E-state index in [4.69, 9.17) is 14.6 Å². The minimum Gasteiger partial charge on any atom is -0.493 e. The van der Waals surface area contributed by atoms with Gasteiger partial charge in [0.2, 0.25) is 0 Å². The highest BCUT2D eigenvalue weighted by Crippen LogP contribution is 2.32. The number of piperazine rings is 1. The minimum atomic E-state index is -0.733. The van der Waals surface area contributed by atoms with Crippen LogP contribution >= 0.6 is 0 Å². The first-order valence-corrected chi connectivity index (χ1v) is 12.0. The molecule has 0 aliphatic carbocycles. The van der Waals surface area contributed by atoms with Crippen molar-refractivity contribution in [2.45, 2.75) is 38.6 Å². The fourth-order valence-electron chi connectivity index (χ4n) is 4.12. The lowest BCUT2D eigenvalue weighted by Gasteiger charge is -2.32. The molecule has 0 atom stereocenters. The van der Waals surface area contributed by atoms with Crippen LogP contribution in [0.15, 0.2) is 42.5 Å². The Morgan fingerprint density at radius 3 is 2.36 bits per heavy atom. The first kappa shape index (κ1) is 25.2. The van der Waals surface area contributed by atoms with Gasteiger partial charge in [-0.25, -0.2) is 0 Å². The molecule has 1 saturated heterocycles. The summed E-state index contributed by atoms with van der Waals surface area (Å²) < 4.78 is 11.3. The third-order valence-electron chi connectivity index (χ3n) is 6.17. The van der Waals surface area contributed by atoms with E-state index < -0.39 is 5.97 Å². The van der Waals surface area contributed by atoms with Gasteiger partial charge in [-0.15, -0.1) is 0 Å². The molecule has 1 N–H and O–H groups in total. The van der Waals surface area contributed by atoms with E-state index in [1.807, 2.05) is 0 Å². The zero-order valence-corrected chi connectivity index (χ0v) is 20.1. The zero-order valence-electron chi connectivity index (χ0n) is 20.1. The summed E-state index contributed by atoms with van der Waals surface area (Å²) in [7, 11) is 3.88. The second-order valence-corrected chi connectivity index (χ2v) is 8.90. The van der Waals surface area contributed by atoms with Crippen molar-refractivity contribution in [1.82, 2.24) is 9.80 Å². The molecule has 0 amide bonds. The minimum absolute atomic E-state index is 0.221. The van der Waals surface area contributed by atoms with Crippen molar-refractivity contribution < 1.29 is 19.4 Å². The second kappa shape index (κ2) is 13.3. The van der Waals surface area contributed by atoms with Crippen LogP contribution in [0.5, 0.6) is 5.75 Å². The molecule has 2 aromatic carbocycles. The van der Waals surface area contributed by atoms with Crippen molar-refractivity contribution in [3.05, 3.63) is 53.6 Å². The summed E-state index contributed by atoms with van der Waals surface area (Å²) in [6.07, 6.45) is 3.46. The Hall–Kier alpha value is -2.41. The highest BCUT2D eigenvalue weighted by molar-refractivity contribution is 5.71. The normalized spacial score (nSPS) is 15.0. The molecular weight excluding hydrogens is 416 g/mol. The summed E-state index contributed by atoms with van der Waals surface area (Å²) >= 11 is 0. The van der Waals surface area contributed by atoms with E-state index in [1.54, 1.807) is 7.11 Å². The number of nitrogens with zero attached hydrogens (tertiary/aromatic N) is 2. The van der Waals surface area contributed by atoms with Crippen LogP contribution in [0.2, 0.25) is 0 Å². The number of aryl methyl sites for hydroxylation is 1. The molecule has 6 nitrogen and oxygen atoms in total. The predicted octanol–water partition coefficient (Wildman–Crippen LogP) is 4.31. The maximum Gasteiger partial charge on any atom is 0.303 e. The average Bonchev–Trinajstić information content (AvgIpc) is 2.82. The first-order chi connectivity index (χ1) is 16.0. The molecule has 1 heterocycles. The van der Waals surface area contributed by atoms with Gasteiger partial charge in [-0.1, -0.05) is 36.4 Å². The maximum absolute atomic E-state index is 10.8. The van der Waals surface area contributed by atoms with E-state index >= 15 is 0 Å². The zero-order chi connectivity index (χ0) is 23.5. The standard InChI is InChI=1S/C27H38N2O4/c1-28-14-16-29(17-15-28)21-23-8-11-24(12-9-23)25-13-10-22(6-3-4-7-27(30)31)20-26(25)33-19-5-18-32-2/h8-13,20H,3-7,14-19,21H2,1-2H3,(H,30,31). The summed E-state index contributed by atoms with van der Waals surface area (Å²) in [5.41, 5.74) is 4.75. The van der Waals surface area contributed by atoms with E-state index in [9.17, 15) is 4.79 Å². The van der Waals surface area contributed by atoms with Crippen LogP contribution in [0.3, 0.4) is 0 Å². The smallest absolute Gasteiger partial charge is 0.303 e. The second-order valence-electron chi connectivity index (χ2n) is 8.90. The lowest BCUT2D eigenvalue weighted by molar-refractivity contribution is -0.137. The number of carboxylic acid groups (broad SMARTS) is 1. The van der Waals surface area contributed by atoms with Crippen LogP contribution in [0.25, 0.3) is 11.1 Å². The molecule has 2 aromatic rings. The number of benzene rings is 2. The molecule has 0 saturated carbocycles. The lowest BCUT2D eigenvalue weighted by atomic mass is 9.99.